The van der Waals surface area contributed by atoms with Gasteiger partial charge in [0.1, 0.15) is 11.8 Å². The highest BCUT2D eigenvalue weighted by Crippen LogP contribution is 2.25. The average molecular weight is 343 g/mol. The van der Waals surface area contributed by atoms with Gasteiger partial charge in [-0.05, 0) is 41.3 Å². The molecule has 1 N–H and O–H groups in total. The molecule has 0 aliphatic heterocycles. The summed E-state index contributed by atoms with van der Waals surface area (Å²) in [6, 6.07) is 11.0. The predicted molar refractivity (Wildman–Crippen MR) is 97.7 cm³/mol. The SMILES string of the molecule is COC(=O)[C@@H](NC(=O)C(C)c1ccc2cc(OC)ccc2c1)C(C)C. The van der Waals surface area contributed by atoms with Crippen LogP contribution in [0.15, 0.2) is 36.4 Å². The highest BCUT2D eigenvalue weighted by Gasteiger charge is 2.27. The fraction of sp³-hybridized carbons (Fsp3) is 0.400. The Morgan fingerprint density at radius 1 is 0.960 bits per heavy atom. The summed E-state index contributed by atoms with van der Waals surface area (Å²) in [6.45, 7) is 5.57. The second-order valence-electron chi connectivity index (χ2n) is 6.45. The van der Waals surface area contributed by atoms with Crippen LogP contribution in [0, 0.1) is 5.92 Å². The summed E-state index contributed by atoms with van der Waals surface area (Å²) in [5, 5.41) is 4.88. The maximum atomic E-state index is 12.6. The van der Waals surface area contributed by atoms with E-state index in [2.05, 4.69) is 5.32 Å². The molecule has 1 amide bonds. The Morgan fingerprint density at radius 3 is 2.20 bits per heavy atom. The van der Waals surface area contributed by atoms with E-state index in [0.717, 1.165) is 22.1 Å². The number of fused-ring (bicyclic) bond motifs is 1. The molecule has 5 heteroatoms. The second-order valence-corrected chi connectivity index (χ2v) is 6.45. The second kappa shape index (κ2) is 8.01. The molecular weight excluding hydrogens is 318 g/mol. The van der Waals surface area contributed by atoms with Crippen molar-refractivity contribution in [1.29, 1.82) is 0 Å². The van der Waals surface area contributed by atoms with E-state index < -0.39 is 12.0 Å². The molecule has 0 heterocycles. The van der Waals surface area contributed by atoms with Crippen LogP contribution >= 0.6 is 0 Å². The maximum absolute atomic E-state index is 12.6. The number of esters is 1. The predicted octanol–water partition coefficient (Wildman–Crippen LogP) is 3.27. The zero-order chi connectivity index (χ0) is 18.6. The van der Waals surface area contributed by atoms with E-state index in [1.165, 1.54) is 7.11 Å². The minimum atomic E-state index is -0.648. The van der Waals surface area contributed by atoms with E-state index in [1.54, 1.807) is 7.11 Å². The highest BCUT2D eigenvalue weighted by molar-refractivity contribution is 5.90. The molecule has 25 heavy (non-hydrogen) atoms. The van der Waals surface area contributed by atoms with Gasteiger partial charge in [0.25, 0.3) is 0 Å². The van der Waals surface area contributed by atoms with Gasteiger partial charge in [-0.2, -0.15) is 0 Å². The summed E-state index contributed by atoms with van der Waals surface area (Å²) >= 11 is 0. The lowest BCUT2D eigenvalue weighted by Gasteiger charge is -2.22. The Bertz CT molecular complexity index is 769. The number of rotatable bonds is 6. The molecule has 5 nitrogen and oxygen atoms in total. The van der Waals surface area contributed by atoms with Crippen molar-refractivity contribution in [1.82, 2.24) is 5.32 Å². The third-order valence-electron chi connectivity index (χ3n) is 4.38. The van der Waals surface area contributed by atoms with Gasteiger partial charge in [-0.25, -0.2) is 4.79 Å². The third-order valence-corrected chi connectivity index (χ3v) is 4.38. The minimum absolute atomic E-state index is 0.0485. The van der Waals surface area contributed by atoms with Gasteiger partial charge in [0, 0.05) is 0 Å². The molecule has 0 bridgehead atoms. The van der Waals surface area contributed by atoms with Crippen molar-refractivity contribution < 1.29 is 19.1 Å². The van der Waals surface area contributed by atoms with Gasteiger partial charge >= 0.3 is 5.97 Å². The monoisotopic (exact) mass is 343 g/mol. The molecule has 134 valence electrons. The van der Waals surface area contributed by atoms with Crippen molar-refractivity contribution in [3.8, 4) is 5.75 Å². The van der Waals surface area contributed by atoms with E-state index in [-0.39, 0.29) is 17.7 Å². The molecule has 1 unspecified atom stereocenters. The van der Waals surface area contributed by atoms with Crippen LogP contribution in [0.25, 0.3) is 10.8 Å². The maximum Gasteiger partial charge on any atom is 0.328 e. The summed E-state index contributed by atoms with van der Waals surface area (Å²) in [6.07, 6.45) is 0. The van der Waals surface area contributed by atoms with Crippen molar-refractivity contribution in [3.63, 3.8) is 0 Å². The number of carbonyl (C=O) groups excluding carboxylic acids is 2. The largest absolute Gasteiger partial charge is 0.497 e. The van der Waals surface area contributed by atoms with E-state index in [0.29, 0.717) is 0 Å². The van der Waals surface area contributed by atoms with Crippen LogP contribution in [-0.4, -0.2) is 32.1 Å². The van der Waals surface area contributed by atoms with E-state index in [4.69, 9.17) is 9.47 Å². The fourth-order valence-electron chi connectivity index (χ4n) is 2.69. The summed E-state index contributed by atoms with van der Waals surface area (Å²) in [4.78, 5) is 24.4. The van der Waals surface area contributed by atoms with Crippen LogP contribution in [0.5, 0.6) is 5.75 Å². The van der Waals surface area contributed by atoms with E-state index in [1.807, 2.05) is 57.2 Å². The molecule has 2 atom stereocenters. The first-order chi connectivity index (χ1) is 11.9. The van der Waals surface area contributed by atoms with Crippen LogP contribution in [0.3, 0.4) is 0 Å². The Labute approximate surface area is 148 Å². The number of benzene rings is 2. The highest BCUT2D eigenvalue weighted by atomic mass is 16.5. The molecule has 0 radical (unpaired) electrons. The summed E-state index contributed by atoms with van der Waals surface area (Å²) in [5.41, 5.74) is 0.891. The van der Waals surface area contributed by atoms with Crippen molar-refractivity contribution in [2.24, 2.45) is 5.92 Å². The van der Waals surface area contributed by atoms with Crippen molar-refractivity contribution in [3.05, 3.63) is 42.0 Å². The molecule has 0 saturated carbocycles. The Kier molecular flexibility index (Phi) is 6.02. The van der Waals surface area contributed by atoms with Crippen LogP contribution in [-0.2, 0) is 14.3 Å². The van der Waals surface area contributed by atoms with Gasteiger partial charge in [0.05, 0.1) is 20.1 Å². The lowest BCUT2D eigenvalue weighted by atomic mass is 9.96. The molecule has 0 aromatic heterocycles. The standard InChI is InChI=1S/C20H25NO4/c1-12(2)18(20(23)25-5)21-19(22)13(3)14-6-7-16-11-17(24-4)9-8-15(16)10-14/h6-13,18H,1-5H3,(H,21,22)/t13?,18-/m0/s1. The number of amides is 1. The fourth-order valence-corrected chi connectivity index (χ4v) is 2.69. The Balaban J connectivity index is 2.21. The molecule has 2 aromatic rings. The topological polar surface area (TPSA) is 64.6 Å². The number of carbonyl (C=O) groups is 2. The first-order valence-electron chi connectivity index (χ1n) is 8.33. The van der Waals surface area contributed by atoms with Crippen LogP contribution in [0.4, 0.5) is 0 Å². The number of ether oxygens (including phenoxy) is 2. The quantitative estimate of drug-likeness (QED) is 0.818. The lowest BCUT2D eigenvalue weighted by molar-refractivity contribution is -0.146. The number of hydrogen-bond donors (Lipinski definition) is 1. The molecule has 2 aromatic carbocycles. The lowest BCUT2D eigenvalue weighted by Crippen LogP contribution is -2.46. The van der Waals surface area contributed by atoms with E-state index in [9.17, 15) is 9.59 Å². The average Bonchev–Trinajstić information content (AvgIpc) is 2.63. The minimum Gasteiger partial charge on any atom is -0.497 e. The van der Waals surface area contributed by atoms with Gasteiger partial charge in [-0.1, -0.05) is 38.1 Å². The Morgan fingerprint density at radius 2 is 1.60 bits per heavy atom. The first kappa shape index (κ1) is 18.8. The molecule has 0 aliphatic rings. The van der Waals surface area contributed by atoms with E-state index >= 15 is 0 Å². The van der Waals surface area contributed by atoms with Gasteiger partial charge < -0.3 is 14.8 Å². The first-order valence-corrected chi connectivity index (χ1v) is 8.33. The molecule has 0 saturated heterocycles. The van der Waals surface area contributed by atoms with Crippen molar-refractivity contribution in [2.75, 3.05) is 14.2 Å². The molecule has 0 spiro atoms. The normalized spacial score (nSPS) is 13.4. The molecular formula is C20H25NO4. The molecule has 2 rings (SSSR count). The number of methoxy groups -OCH3 is 2. The summed E-state index contributed by atoms with van der Waals surface area (Å²) < 4.78 is 10.0. The zero-order valence-electron chi connectivity index (χ0n) is 15.3. The van der Waals surface area contributed by atoms with Crippen molar-refractivity contribution in [2.45, 2.75) is 32.7 Å². The van der Waals surface area contributed by atoms with Gasteiger partial charge in [0.15, 0.2) is 0 Å². The van der Waals surface area contributed by atoms with Crippen LogP contribution in [0.2, 0.25) is 0 Å². The van der Waals surface area contributed by atoms with Crippen LogP contribution in [0.1, 0.15) is 32.3 Å². The molecule has 0 aliphatic carbocycles. The third kappa shape index (κ3) is 4.29. The Hall–Kier alpha value is -2.56. The smallest absolute Gasteiger partial charge is 0.328 e. The number of nitrogens with one attached hydrogen (secondary N) is 1. The van der Waals surface area contributed by atoms with Gasteiger partial charge in [0.2, 0.25) is 5.91 Å². The zero-order valence-corrected chi connectivity index (χ0v) is 15.3. The van der Waals surface area contributed by atoms with Gasteiger partial charge in [-0.3, -0.25) is 4.79 Å². The number of hydrogen-bond acceptors (Lipinski definition) is 4. The van der Waals surface area contributed by atoms with Crippen molar-refractivity contribution >= 4 is 22.6 Å². The van der Waals surface area contributed by atoms with Gasteiger partial charge in [-0.15, -0.1) is 0 Å². The van der Waals surface area contributed by atoms with Crippen LogP contribution < -0.4 is 10.1 Å². The summed E-state index contributed by atoms with van der Waals surface area (Å²) in [5.74, 6) is -0.257. The molecule has 0 fully saturated rings. The summed E-state index contributed by atoms with van der Waals surface area (Å²) in [7, 11) is 2.96.